The van der Waals surface area contributed by atoms with Gasteiger partial charge in [0.2, 0.25) is 5.91 Å². The number of nitrogens with zero attached hydrogens (tertiary/aromatic N) is 2. The average Bonchev–Trinajstić information content (AvgIpc) is 3.09. The molecule has 1 aliphatic carbocycles. The van der Waals surface area contributed by atoms with Crippen molar-refractivity contribution in [2.75, 3.05) is 32.7 Å². The zero-order valence-corrected chi connectivity index (χ0v) is 16.4. The van der Waals surface area contributed by atoms with E-state index in [0.717, 1.165) is 44.2 Å². The summed E-state index contributed by atoms with van der Waals surface area (Å²) in [5.74, 6) is -0.240. The number of hydrogen-bond acceptors (Lipinski definition) is 5. The molecule has 27 heavy (non-hydrogen) atoms. The molecule has 0 bridgehead atoms. The summed E-state index contributed by atoms with van der Waals surface area (Å²) < 4.78 is 0. The van der Waals surface area contributed by atoms with Crippen molar-refractivity contribution >= 4 is 29.2 Å². The second kappa shape index (κ2) is 9.85. The summed E-state index contributed by atoms with van der Waals surface area (Å²) in [6.45, 7) is 2.84. The van der Waals surface area contributed by atoms with Crippen LogP contribution < -0.4 is 10.6 Å². The van der Waals surface area contributed by atoms with E-state index in [-0.39, 0.29) is 24.4 Å². The molecule has 8 heteroatoms. The van der Waals surface area contributed by atoms with Gasteiger partial charge >= 0.3 is 6.03 Å². The normalized spacial score (nSPS) is 19.3. The third kappa shape index (κ3) is 6.04. The summed E-state index contributed by atoms with van der Waals surface area (Å²) in [6, 6.07) is 1.63. The van der Waals surface area contributed by atoms with Crippen molar-refractivity contribution in [3.63, 3.8) is 0 Å². The highest BCUT2D eigenvalue weighted by atomic mass is 32.1. The number of rotatable bonds is 4. The first kappa shape index (κ1) is 19.8. The Morgan fingerprint density at radius 2 is 1.85 bits per heavy atom. The van der Waals surface area contributed by atoms with Crippen molar-refractivity contribution in [3.8, 4) is 0 Å². The van der Waals surface area contributed by atoms with Gasteiger partial charge in [0.15, 0.2) is 0 Å². The van der Waals surface area contributed by atoms with Gasteiger partial charge in [0.05, 0.1) is 12.1 Å². The lowest BCUT2D eigenvalue weighted by molar-refractivity contribution is -0.121. The van der Waals surface area contributed by atoms with Crippen LogP contribution in [0.4, 0.5) is 4.79 Å². The maximum absolute atomic E-state index is 12.5. The molecule has 0 unspecified atom stereocenters. The van der Waals surface area contributed by atoms with E-state index in [4.69, 9.17) is 0 Å². The molecule has 0 radical (unpaired) electrons. The van der Waals surface area contributed by atoms with Crippen LogP contribution in [0, 0.1) is 0 Å². The second-order valence-corrected chi connectivity index (χ2v) is 8.07. The molecule has 2 N–H and O–H groups in total. The topological polar surface area (TPSA) is 81.8 Å². The summed E-state index contributed by atoms with van der Waals surface area (Å²) in [5.41, 5.74) is 0.727. The lowest BCUT2D eigenvalue weighted by Gasteiger charge is -2.23. The molecule has 0 spiro atoms. The molecule has 1 saturated heterocycles. The molecule has 0 atom stereocenters. The Bertz CT molecular complexity index is 643. The number of amides is 4. The van der Waals surface area contributed by atoms with E-state index >= 15 is 0 Å². The molecule has 2 fully saturated rings. The van der Waals surface area contributed by atoms with Crippen LogP contribution in [0.3, 0.4) is 0 Å². The van der Waals surface area contributed by atoms with E-state index in [0.29, 0.717) is 19.6 Å². The molecule has 2 aliphatic rings. The fourth-order valence-corrected chi connectivity index (χ4v) is 4.37. The smallest absolute Gasteiger partial charge is 0.321 e. The van der Waals surface area contributed by atoms with Gasteiger partial charge < -0.3 is 10.2 Å². The Balaban J connectivity index is 1.40. The van der Waals surface area contributed by atoms with Crippen LogP contribution in [-0.2, 0) is 4.79 Å². The number of hydrogen-bond donors (Lipinski definition) is 2. The third-order valence-corrected chi connectivity index (χ3v) is 5.89. The number of carbonyl (C=O) groups excluding carboxylic acids is 3. The summed E-state index contributed by atoms with van der Waals surface area (Å²) in [6.07, 6.45) is 6.28. The minimum Gasteiger partial charge on any atom is -0.337 e. The highest BCUT2D eigenvalue weighted by Crippen LogP contribution is 2.17. The van der Waals surface area contributed by atoms with Crippen molar-refractivity contribution < 1.29 is 14.4 Å². The van der Waals surface area contributed by atoms with Gasteiger partial charge in [-0.25, -0.2) is 4.79 Å². The fraction of sp³-hybridized carbons (Fsp3) is 0.632. The van der Waals surface area contributed by atoms with Crippen LogP contribution >= 0.6 is 11.3 Å². The zero-order chi connectivity index (χ0) is 19.1. The van der Waals surface area contributed by atoms with Gasteiger partial charge in [-0.15, -0.1) is 0 Å². The highest BCUT2D eigenvalue weighted by molar-refractivity contribution is 7.08. The van der Waals surface area contributed by atoms with Gasteiger partial charge in [-0.3, -0.25) is 19.8 Å². The first-order valence-corrected chi connectivity index (χ1v) is 10.7. The van der Waals surface area contributed by atoms with E-state index in [1.807, 2.05) is 26.6 Å². The molecule has 4 amide bonds. The molecular weight excluding hydrogens is 364 g/mol. The Hall–Kier alpha value is -1.93. The molecule has 0 aromatic carbocycles. The zero-order valence-electron chi connectivity index (χ0n) is 15.6. The maximum Gasteiger partial charge on any atom is 0.321 e. The van der Waals surface area contributed by atoms with E-state index in [1.54, 1.807) is 0 Å². The van der Waals surface area contributed by atoms with Crippen molar-refractivity contribution in [2.45, 2.75) is 44.6 Å². The van der Waals surface area contributed by atoms with E-state index < -0.39 is 6.03 Å². The van der Waals surface area contributed by atoms with Crippen LogP contribution in [0.2, 0.25) is 0 Å². The molecule has 148 valence electrons. The first-order chi connectivity index (χ1) is 13.1. The predicted molar refractivity (Wildman–Crippen MR) is 105 cm³/mol. The molecule has 1 saturated carbocycles. The van der Waals surface area contributed by atoms with Crippen molar-refractivity contribution in [1.82, 2.24) is 20.4 Å². The van der Waals surface area contributed by atoms with Crippen molar-refractivity contribution in [2.24, 2.45) is 0 Å². The van der Waals surface area contributed by atoms with Gasteiger partial charge in [-0.1, -0.05) is 19.3 Å². The van der Waals surface area contributed by atoms with Gasteiger partial charge in [-0.2, -0.15) is 11.3 Å². The fourth-order valence-electron chi connectivity index (χ4n) is 3.74. The van der Waals surface area contributed by atoms with E-state index in [9.17, 15) is 14.4 Å². The van der Waals surface area contributed by atoms with Crippen LogP contribution in [0.1, 0.15) is 48.9 Å². The SMILES string of the molecule is O=C(CN1CCCN(C(=O)c2ccsc2)CC1)NC(=O)NC1CCCCC1. The average molecular weight is 393 g/mol. The Labute approximate surface area is 164 Å². The number of thiophene rings is 1. The molecule has 3 rings (SSSR count). The number of imide groups is 1. The lowest BCUT2D eigenvalue weighted by Crippen LogP contribution is -2.48. The number of carbonyl (C=O) groups is 3. The molecule has 2 heterocycles. The second-order valence-electron chi connectivity index (χ2n) is 7.29. The third-order valence-electron chi connectivity index (χ3n) is 5.20. The van der Waals surface area contributed by atoms with Gasteiger partial charge in [-0.05, 0) is 30.7 Å². The van der Waals surface area contributed by atoms with Crippen LogP contribution in [0.15, 0.2) is 16.8 Å². The van der Waals surface area contributed by atoms with Gasteiger partial charge in [0, 0.05) is 37.6 Å². The molecule has 7 nitrogen and oxygen atoms in total. The lowest BCUT2D eigenvalue weighted by atomic mass is 9.96. The monoisotopic (exact) mass is 392 g/mol. The van der Waals surface area contributed by atoms with Crippen LogP contribution in [-0.4, -0.2) is 66.4 Å². The van der Waals surface area contributed by atoms with Gasteiger partial charge in [0.25, 0.3) is 5.91 Å². The van der Waals surface area contributed by atoms with Gasteiger partial charge in [0.1, 0.15) is 0 Å². The first-order valence-electron chi connectivity index (χ1n) is 9.76. The van der Waals surface area contributed by atoms with Crippen LogP contribution in [0.25, 0.3) is 0 Å². The minimum atomic E-state index is -0.393. The van der Waals surface area contributed by atoms with Crippen molar-refractivity contribution in [3.05, 3.63) is 22.4 Å². The molecule has 1 aliphatic heterocycles. The minimum absolute atomic E-state index is 0.0504. The molecule has 1 aromatic heterocycles. The Kier molecular flexibility index (Phi) is 7.23. The maximum atomic E-state index is 12.5. The Morgan fingerprint density at radius 1 is 1.04 bits per heavy atom. The highest BCUT2D eigenvalue weighted by Gasteiger charge is 2.22. The predicted octanol–water partition coefficient (Wildman–Crippen LogP) is 2.05. The number of urea groups is 1. The summed E-state index contributed by atoms with van der Waals surface area (Å²) in [5, 5.41) is 9.10. The summed E-state index contributed by atoms with van der Waals surface area (Å²) in [7, 11) is 0. The van der Waals surface area contributed by atoms with Crippen LogP contribution in [0.5, 0.6) is 0 Å². The molecular formula is C19H28N4O3S. The Morgan fingerprint density at radius 3 is 2.59 bits per heavy atom. The van der Waals surface area contributed by atoms with E-state index in [1.165, 1.54) is 17.8 Å². The number of nitrogens with one attached hydrogen (secondary N) is 2. The quantitative estimate of drug-likeness (QED) is 0.822. The standard InChI is InChI=1S/C19H28N4O3S/c24-17(21-19(26)20-16-5-2-1-3-6-16)13-22-8-4-9-23(11-10-22)18(25)15-7-12-27-14-15/h7,12,14,16H,1-6,8-11,13H2,(H2,20,21,24,26). The largest absolute Gasteiger partial charge is 0.337 e. The summed E-state index contributed by atoms with van der Waals surface area (Å²) >= 11 is 1.52. The summed E-state index contributed by atoms with van der Waals surface area (Å²) in [4.78, 5) is 40.5. The molecule has 1 aromatic rings. The van der Waals surface area contributed by atoms with E-state index in [2.05, 4.69) is 10.6 Å². The van der Waals surface area contributed by atoms with Crippen molar-refractivity contribution in [1.29, 1.82) is 0 Å².